The second-order valence-corrected chi connectivity index (χ2v) is 6.12. The lowest BCUT2D eigenvalue weighted by Gasteiger charge is -2.16. The molecule has 2 N–H and O–H groups in total. The molecule has 2 aromatic rings. The van der Waals surface area contributed by atoms with Gasteiger partial charge in [-0.25, -0.2) is 0 Å². The Morgan fingerprint density at radius 1 is 1.00 bits per heavy atom. The molecule has 2 aromatic carbocycles. The first kappa shape index (κ1) is 14.3. The van der Waals surface area contributed by atoms with Crippen molar-refractivity contribution < 1.29 is 0 Å². The second-order valence-electron chi connectivity index (χ2n) is 5.27. The molecule has 100 valence electrons. The van der Waals surface area contributed by atoms with Crippen LogP contribution in [0.25, 0.3) is 0 Å². The average Bonchev–Trinajstić information content (AvgIpc) is 2.36. The van der Waals surface area contributed by atoms with Gasteiger partial charge in [0.1, 0.15) is 0 Å². The third-order valence-corrected chi connectivity index (χ3v) is 4.22. The van der Waals surface area contributed by atoms with Gasteiger partial charge in [0.25, 0.3) is 0 Å². The molecule has 0 aliphatic heterocycles. The zero-order valence-electron chi connectivity index (χ0n) is 11.7. The maximum atomic E-state index is 6.39. The maximum absolute atomic E-state index is 6.39. The molecule has 0 aromatic heterocycles. The van der Waals surface area contributed by atoms with Crippen molar-refractivity contribution in [2.45, 2.75) is 33.2 Å². The molecule has 1 atom stereocenters. The highest BCUT2D eigenvalue weighted by atomic mass is 79.9. The Balaban J connectivity index is 2.27. The molecule has 0 fully saturated rings. The third-order valence-electron chi connectivity index (χ3n) is 3.50. The van der Waals surface area contributed by atoms with Gasteiger partial charge in [-0.3, -0.25) is 0 Å². The maximum Gasteiger partial charge on any atom is 0.0347 e. The van der Waals surface area contributed by atoms with E-state index in [1.165, 1.54) is 27.8 Å². The van der Waals surface area contributed by atoms with Crippen LogP contribution in [0.4, 0.5) is 0 Å². The van der Waals surface area contributed by atoms with Crippen LogP contribution in [0.3, 0.4) is 0 Å². The van der Waals surface area contributed by atoms with Crippen LogP contribution < -0.4 is 5.73 Å². The quantitative estimate of drug-likeness (QED) is 0.878. The summed E-state index contributed by atoms with van der Waals surface area (Å²) in [6.07, 6.45) is 0.871. The molecule has 19 heavy (non-hydrogen) atoms. The SMILES string of the molecule is Cc1ccc(C)c(CC(N)c2cc(C)ccc2Br)c1. The number of hydrogen-bond donors (Lipinski definition) is 1. The van der Waals surface area contributed by atoms with Gasteiger partial charge in [0.05, 0.1) is 0 Å². The van der Waals surface area contributed by atoms with Gasteiger partial charge in [-0.15, -0.1) is 0 Å². The van der Waals surface area contributed by atoms with Crippen LogP contribution in [0.1, 0.15) is 33.9 Å². The minimum atomic E-state index is 0.0229. The number of rotatable bonds is 3. The summed E-state index contributed by atoms with van der Waals surface area (Å²) >= 11 is 3.60. The molecule has 2 rings (SSSR count). The number of hydrogen-bond acceptors (Lipinski definition) is 1. The van der Waals surface area contributed by atoms with E-state index in [1.807, 2.05) is 0 Å². The van der Waals surface area contributed by atoms with Gasteiger partial charge >= 0.3 is 0 Å². The Kier molecular flexibility index (Phi) is 4.43. The summed E-state index contributed by atoms with van der Waals surface area (Å²) in [5.41, 5.74) is 12.7. The molecule has 0 aliphatic rings. The molecular weight excluding hydrogens is 298 g/mol. The summed E-state index contributed by atoms with van der Waals surface area (Å²) in [6, 6.07) is 12.9. The topological polar surface area (TPSA) is 26.0 Å². The van der Waals surface area contributed by atoms with Crippen LogP contribution in [0, 0.1) is 20.8 Å². The summed E-state index contributed by atoms with van der Waals surface area (Å²) in [6.45, 7) is 6.37. The molecular formula is C17H20BrN. The number of nitrogens with two attached hydrogens (primary N) is 1. The minimum absolute atomic E-state index is 0.0229. The Morgan fingerprint density at radius 2 is 1.63 bits per heavy atom. The first-order chi connectivity index (χ1) is 8.97. The van der Waals surface area contributed by atoms with E-state index in [1.54, 1.807) is 0 Å². The van der Waals surface area contributed by atoms with Crippen molar-refractivity contribution in [1.82, 2.24) is 0 Å². The highest BCUT2D eigenvalue weighted by Gasteiger charge is 2.12. The number of aryl methyl sites for hydroxylation is 3. The van der Waals surface area contributed by atoms with Crippen LogP contribution in [-0.2, 0) is 6.42 Å². The highest BCUT2D eigenvalue weighted by Crippen LogP contribution is 2.26. The van der Waals surface area contributed by atoms with Crippen molar-refractivity contribution in [3.63, 3.8) is 0 Å². The van der Waals surface area contributed by atoms with Crippen LogP contribution in [0.2, 0.25) is 0 Å². The van der Waals surface area contributed by atoms with Gasteiger partial charge in [0.15, 0.2) is 0 Å². The number of halogens is 1. The minimum Gasteiger partial charge on any atom is -0.324 e. The fraction of sp³-hybridized carbons (Fsp3) is 0.294. The van der Waals surface area contributed by atoms with Gasteiger partial charge in [-0.2, -0.15) is 0 Å². The molecule has 0 bridgehead atoms. The van der Waals surface area contributed by atoms with E-state index in [9.17, 15) is 0 Å². The molecule has 0 saturated heterocycles. The standard InChI is InChI=1S/C17H20BrN/c1-11-4-6-13(3)14(8-11)10-17(19)15-9-12(2)5-7-16(15)18/h4-9,17H,10,19H2,1-3H3. The van der Waals surface area contributed by atoms with Crippen LogP contribution in [0.5, 0.6) is 0 Å². The predicted octanol–water partition coefficient (Wildman–Crippen LogP) is 4.62. The second kappa shape index (κ2) is 5.89. The first-order valence-electron chi connectivity index (χ1n) is 6.55. The molecule has 0 saturated carbocycles. The Bertz CT molecular complexity index is 590. The van der Waals surface area contributed by atoms with E-state index < -0.39 is 0 Å². The van der Waals surface area contributed by atoms with E-state index in [0.29, 0.717) is 0 Å². The smallest absolute Gasteiger partial charge is 0.0347 e. The van der Waals surface area contributed by atoms with Crippen molar-refractivity contribution >= 4 is 15.9 Å². The fourth-order valence-corrected chi connectivity index (χ4v) is 2.86. The molecule has 2 heteroatoms. The van der Waals surface area contributed by atoms with Crippen LogP contribution >= 0.6 is 15.9 Å². The zero-order valence-corrected chi connectivity index (χ0v) is 13.3. The van der Waals surface area contributed by atoms with Gasteiger partial charge in [-0.05, 0) is 49.9 Å². The molecule has 0 aliphatic carbocycles. The van der Waals surface area contributed by atoms with Gasteiger partial charge in [0, 0.05) is 10.5 Å². The van der Waals surface area contributed by atoms with Crippen molar-refractivity contribution in [2.75, 3.05) is 0 Å². The van der Waals surface area contributed by atoms with Gasteiger partial charge in [-0.1, -0.05) is 57.4 Å². The largest absolute Gasteiger partial charge is 0.324 e. The molecule has 0 radical (unpaired) electrons. The lowest BCUT2D eigenvalue weighted by molar-refractivity contribution is 0.714. The Hall–Kier alpha value is -1.12. The Labute approximate surface area is 124 Å². The Morgan fingerprint density at radius 3 is 2.37 bits per heavy atom. The molecule has 1 unspecified atom stereocenters. The lowest BCUT2D eigenvalue weighted by atomic mass is 9.95. The fourth-order valence-electron chi connectivity index (χ4n) is 2.31. The molecule has 1 nitrogen and oxygen atoms in total. The lowest BCUT2D eigenvalue weighted by Crippen LogP contribution is -2.15. The van der Waals surface area contributed by atoms with Crippen molar-refractivity contribution in [1.29, 1.82) is 0 Å². The monoisotopic (exact) mass is 317 g/mol. The van der Waals surface area contributed by atoms with E-state index in [2.05, 4.69) is 73.1 Å². The highest BCUT2D eigenvalue weighted by molar-refractivity contribution is 9.10. The van der Waals surface area contributed by atoms with Crippen molar-refractivity contribution in [3.8, 4) is 0 Å². The van der Waals surface area contributed by atoms with Crippen molar-refractivity contribution in [2.24, 2.45) is 5.73 Å². The number of benzene rings is 2. The predicted molar refractivity (Wildman–Crippen MR) is 85.4 cm³/mol. The summed E-state index contributed by atoms with van der Waals surface area (Å²) in [5, 5.41) is 0. The van der Waals surface area contributed by atoms with Crippen LogP contribution in [-0.4, -0.2) is 0 Å². The zero-order chi connectivity index (χ0) is 14.0. The van der Waals surface area contributed by atoms with Crippen molar-refractivity contribution in [3.05, 3.63) is 68.7 Å². The first-order valence-corrected chi connectivity index (χ1v) is 7.34. The van der Waals surface area contributed by atoms with E-state index in [0.717, 1.165) is 10.9 Å². The van der Waals surface area contributed by atoms with Gasteiger partial charge < -0.3 is 5.73 Å². The molecule has 0 amide bonds. The summed E-state index contributed by atoms with van der Waals surface area (Å²) in [4.78, 5) is 0. The van der Waals surface area contributed by atoms with E-state index in [4.69, 9.17) is 5.73 Å². The average molecular weight is 318 g/mol. The van der Waals surface area contributed by atoms with E-state index in [-0.39, 0.29) is 6.04 Å². The normalized spacial score (nSPS) is 12.5. The van der Waals surface area contributed by atoms with Crippen LogP contribution in [0.15, 0.2) is 40.9 Å². The molecule has 0 spiro atoms. The molecule has 0 heterocycles. The van der Waals surface area contributed by atoms with E-state index >= 15 is 0 Å². The van der Waals surface area contributed by atoms with Gasteiger partial charge in [0.2, 0.25) is 0 Å². The summed E-state index contributed by atoms with van der Waals surface area (Å²) < 4.78 is 1.09. The third kappa shape index (κ3) is 3.46. The summed E-state index contributed by atoms with van der Waals surface area (Å²) in [5.74, 6) is 0. The summed E-state index contributed by atoms with van der Waals surface area (Å²) in [7, 11) is 0.